The Bertz CT molecular complexity index is 766. The molecule has 0 aliphatic heterocycles. The third-order valence-electron chi connectivity index (χ3n) is 3.34. The van der Waals surface area contributed by atoms with Gasteiger partial charge in [0.25, 0.3) is 5.91 Å². The maximum absolute atomic E-state index is 12.1. The fourth-order valence-electron chi connectivity index (χ4n) is 1.82. The first-order valence-electron chi connectivity index (χ1n) is 7.64. The van der Waals surface area contributed by atoms with Gasteiger partial charge in [-0.25, -0.2) is 4.98 Å². The van der Waals surface area contributed by atoms with Crippen LogP contribution in [0.3, 0.4) is 0 Å². The summed E-state index contributed by atoms with van der Waals surface area (Å²) in [5.41, 5.74) is 0.824. The average molecular weight is 401 g/mol. The Kier molecular flexibility index (Phi) is 7.04. The zero-order valence-electron chi connectivity index (χ0n) is 13.7. The molecular formula is C16H18Cl2N4O2S. The molecule has 2 rings (SSSR count). The molecule has 0 bridgehead atoms. The van der Waals surface area contributed by atoms with E-state index in [2.05, 4.69) is 20.9 Å². The Morgan fingerprint density at radius 3 is 2.80 bits per heavy atom. The second-order valence-electron chi connectivity index (χ2n) is 5.35. The predicted molar refractivity (Wildman–Crippen MR) is 102 cm³/mol. The lowest BCUT2D eigenvalue weighted by Crippen LogP contribution is -2.40. The third-order valence-corrected chi connectivity index (χ3v) is 4.66. The van der Waals surface area contributed by atoms with Gasteiger partial charge >= 0.3 is 0 Å². The van der Waals surface area contributed by atoms with E-state index in [1.54, 1.807) is 23.6 Å². The number of carbonyl (C=O) groups is 2. The minimum absolute atomic E-state index is 0.0712. The summed E-state index contributed by atoms with van der Waals surface area (Å²) < 4.78 is 0. The number of amides is 2. The van der Waals surface area contributed by atoms with E-state index in [1.807, 2.05) is 13.8 Å². The van der Waals surface area contributed by atoms with Gasteiger partial charge in [-0.2, -0.15) is 0 Å². The molecule has 1 aromatic heterocycles. The second kappa shape index (κ2) is 9.03. The van der Waals surface area contributed by atoms with Crippen molar-refractivity contribution in [1.29, 1.82) is 0 Å². The smallest absolute Gasteiger partial charge is 0.271 e. The largest absolute Gasteiger partial charge is 0.352 e. The van der Waals surface area contributed by atoms with Crippen LogP contribution in [0.5, 0.6) is 0 Å². The van der Waals surface area contributed by atoms with E-state index in [1.165, 1.54) is 11.3 Å². The van der Waals surface area contributed by atoms with Gasteiger partial charge < -0.3 is 16.0 Å². The SMILES string of the molecule is CC[C@H](C)NC(=O)CNC(=O)c1csc(Nc2cc(Cl)ccc2Cl)n1. The quantitative estimate of drug-likeness (QED) is 0.659. The van der Waals surface area contributed by atoms with Crippen LogP contribution in [-0.4, -0.2) is 29.4 Å². The van der Waals surface area contributed by atoms with Crippen molar-refractivity contribution in [2.24, 2.45) is 0 Å². The van der Waals surface area contributed by atoms with Crippen molar-refractivity contribution in [3.63, 3.8) is 0 Å². The van der Waals surface area contributed by atoms with Gasteiger partial charge in [0.1, 0.15) is 5.69 Å². The summed E-state index contributed by atoms with van der Waals surface area (Å²) in [4.78, 5) is 27.9. The van der Waals surface area contributed by atoms with Crippen molar-refractivity contribution in [2.45, 2.75) is 26.3 Å². The van der Waals surface area contributed by atoms with Gasteiger partial charge in [-0.3, -0.25) is 9.59 Å². The fraction of sp³-hybridized carbons (Fsp3) is 0.312. The van der Waals surface area contributed by atoms with E-state index in [0.717, 1.165) is 6.42 Å². The van der Waals surface area contributed by atoms with Crippen molar-refractivity contribution >= 4 is 57.2 Å². The number of hydrogen-bond donors (Lipinski definition) is 3. The number of halogens is 2. The fourth-order valence-corrected chi connectivity index (χ4v) is 2.86. The van der Waals surface area contributed by atoms with Crippen LogP contribution in [0.15, 0.2) is 23.6 Å². The molecule has 1 aromatic carbocycles. The van der Waals surface area contributed by atoms with Crippen molar-refractivity contribution in [1.82, 2.24) is 15.6 Å². The molecule has 3 N–H and O–H groups in total. The van der Waals surface area contributed by atoms with Gasteiger partial charge in [-0.1, -0.05) is 30.1 Å². The van der Waals surface area contributed by atoms with Crippen LogP contribution < -0.4 is 16.0 Å². The Labute approximate surface area is 159 Å². The summed E-state index contributed by atoms with van der Waals surface area (Å²) in [7, 11) is 0. The van der Waals surface area contributed by atoms with Crippen LogP contribution in [0.1, 0.15) is 30.8 Å². The highest BCUT2D eigenvalue weighted by atomic mass is 35.5. The van der Waals surface area contributed by atoms with E-state index < -0.39 is 5.91 Å². The summed E-state index contributed by atoms with van der Waals surface area (Å²) in [6.45, 7) is 3.78. The number of aromatic nitrogens is 1. The van der Waals surface area contributed by atoms with Gasteiger partial charge in [0.15, 0.2) is 5.13 Å². The Morgan fingerprint density at radius 2 is 2.08 bits per heavy atom. The number of nitrogens with zero attached hydrogens (tertiary/aromatic N) is 1. The first-order valence-corrected chi connectivity index (χ1v) is 9.27. The molecule has 0 radical (unpaired) electrons. The molecule has 9 heteroatoms. The second-order valence-corrected chi connectivity index (χ2v) is 7.05. The molecule has 1 atom stereocenters. The van der Waals surface area contributed by atoms with Crippen molar-refractivity contribution < 1.29 is 9.59 Å². The maximum Gasteiger partial charge on any atom is 0.271 e. The normalized spacial score (nSPS) is 11.7. The van der Waals surface area contributed by atoms with Gasteiger partial charge in [0.2, 0.25) is 5.91 Å². The van der Waals surface area contributed by atoms with Gasteiger partial charge in [-0.05, 0) is 31.5 Å². The lowest BCUT2D eigenvalue weighted by molar-refractivity contribution is -0.120. The summed E-state index contributed by atoms with van der Waals surface area (Å²) >= 11 is 13.3. The molecule has 2 aromatic rings. The van der Waals surface area contributed by atoms with E-state index >= 15 is 0 Å². The van der Waals surface area contributed by atoms with Crippen LogP contribution in [0.4, 0.5) is 10.8 Å². The Balaban J connectivity index is 1.93. The number of benzene rings is 1. The summed E-state index contributed by atoms with van der Waals surface area (Å²) in [5, 5.41) is 11.5. The monoisotopic (exact) mass is 400 g/mol. The van der Waals surface area contributed by atoms with Crippen molar-refractivity contribution in [3.05, 3.63) is 39.3 Å². The Hall–Kier alpha value is -1.83. The van der Waals surface area contributed by atoms with Crippen LogP contribution >= 0.6 is 34.5 Å². The topological polar surface area (TPSA) is 83.1 Å². The number of hydrogen-bond acceptors (Lipinski definition) is 5. The van der Waals surface area contributed by atoms with E-state index in [0.29, 0.717) is 20.9 Å². The molecule has 0 aliphatic carbocycles. The molecule has 0 saturated carbocycles. The van der Waals surface area contributed by atoms with E-state index in [4.69, 9.17) is 23.2 Å². The number of anilines is 2. The molecule has 25 heavy (non-hydrogen) atoms. The summed E-state index contributed by atoms with van der Waals surface area (Å²) in [6, 6.07) is 5.09. The molecule has 0 aliphatic rings. The molecule has 0 spiro atoms. The lowest BCUT2D eigenvalue weighted by Gasteiger charge is -2.11. The van der Waals surface area contributed by atoms with Crippen molar-refractivity contribution in [2.75, 3.05) is 11.9 Å². The molecule has 1 heterocycles. The van der Waals surface area contributed by atoms with Gasteiger partial charge in [0.05, 0.1) is 17.3 Å². The maximum atomic E-state index is 12.1. The summed E-state index contributed by atoms with van der Waals surface area (Å²) in [5.74, 6) is -0.650. The van der Waals surface area contributed by atoms with Gasteiger partial charge in [0, 0.05) is 16.4 Å². The standard InChI is InChI=1S/C16H18Cl2N4O2S/c1-3-9(2)20-14(23)7-19-15(24)13-8-25-16(22-13)21-12-6-10(17)4-5-11(12)18/h4-6,8-9H,3,7H2,1-2H3,(H,19,24)(H,20,23)(H,21,22)/t9-/m0/s1. The van der Waals surface area contributed by atoms with Crippen LogP contribution in [0.25, 0.3) is 0 Å². The minimum Gasteiger partial charge on any atom is -0.352 e. The highest BCUT2D eigenvalue weighted by molar-refractivity contribution is 7.14. The molecule has 0 unspecified atom stereocenters. The van der Waals surface area contributed by atoms with Crippen LogP contribution in [0.2, 0.25) is 10.0 Å². The van der Waals surface area contributed by atoms with E-state index in [9.17, 15) is 9.59 Å². The third kappa shape index (κ3) is 5.88. The minimum atomic E-state index is -0.416. The first kappa shape index (κ1) is 19.5. The molecule has 0 saturated heterocycles. The first-order chi connectivity index (χ1) is 11.9. The van der Waals surface area contributed by atoms with E-state index in [-0.39, 0.29) is 24.2 Å². The highest BCUT2D eigenvalue weighted by Gasteiger charge is 2.13. The molecule has 2 amide bonds. The molecular weight excluding hydrogens is 383 g/mol. The highest BCUT2D eigenvalue weighted by Crippen LogP contribution is 2.29. The molecule has 134 valence electrons. The molecule has 0 fully saturated rings. The number of rotatable bonds is 7. The summed E-state index contributed by atoms with van der Waals surface area (Å²) in [6.07, 6.45) is 0.826. The number of carbonyl (C=O) groups excluding carboxylic acids is 2. The van der Waals surface area contributed by atoms with Crippen molar-refractivity contribution in [3.8, 4) is 0 Å². The predicted octanol–water partition coefficient (Wildman–Crippen LogP) is 3.84. The zero-order chi connectivity index (χ0) is 18.4. The number of nitrogens with one attached hydrogen (secondary N) is 3. The molecule has 6 nitrogen and oxygen atoms in total. The lowest BCUT2D eigenvalue weighted by atomic mass is 10.2. The van der Waals surface area contributed by atoms with Crippen LogP contribution in [-0.2, 0) is 4.79 Å². The Morgan fingerprint density at radius 1 is 1.32 bits per heavy atom. The number of thiazole rings is 1. The van der Waals surface area contributed by atoms with Gasteiger partial charge in [-0.15, -0.1) is 11.3 Å². The van der Waals surface area contributed by atoms with Crippen LogP contribution in [0, 0.1) is 0 Å². The average Bonchev–Trinajstić information content (AvgIpc) is 3.04. The zero-order valence-corrected chi connectivity index (χ0v) is 16.1.